The molecule has 0 aliphatic carbocycles. The second-order valence-electron chi connectivity index (χ2n) is 2.76. The van der Waals surface area contributed by atoms with E-state index < -0.39 is 5.69 Å². The summed E-state index contributed by atoms with van der Waals surface area (Å²) in [6.07, 6.45) is -0.0513. The molecule has 12 heavy (non-hydrogen) atoms. The molecule has 0 aliphatic heterocycles. The average molecular weight is 279 g/mol. The van der Waals surface area contributed by atoms with Gasteiger partial charge in [-0.3, -0.25) is 0 Å². The van der Waals surface area contributed by atoms with Crippen LogP contribution in [0.25, 0.3) is 0 Å². The van der Waals surface area contributed by atoms with Gasteiger partial charge in [0, 0.05) is 30.4 Å². The van der Waals surface area contributed by atoms with Crippen LogP contribution in [-0.2, 0) is 35.8 Å². The molecule has 0 aliphatic rings. The Bertz CT molecular complexity index is 150. The molecule has 1 atom stereocenters. The summed E-state index contributed by atoms with van der Waals surface area (Å²) in [6, 6.07) is 0. The molecule has 0 aromatic rings. The third-order valence-electron chi connectivity index (χ3n) is 0.680. The molecule has 1 unspecified atom stereocenters. The molecule has 0 heterocycles. The zero-order chi connectivity index (χ0) is 9.07. The second kappa shape index (κ2) is 6.92. The van der Waals surface area contributed by atoms with Crippen LogP contribution < -0.4 is 4.89 Å². The van der Waals surface area contributed by atoms with Crippen LogP contribution in [0.3, 0.4) is 0 Å². The summed E-state index contributed by atoms with van der Waals surface area (Å²) in [5, 5.41) is 0.261. The number of hydrogen-bond acceptors (Lipinski definition) is 4. The first-order chi connectivity index (χ1) is 4.83. The monoisotopic (exact) mass is 277 g/mol. The molecule has 2 nitrogen and oxygen atoms in total. The minimum absolute atomic E-state index is 0. The predicted molar refractivity (Wildman–Crippen MR) is 53.2 cm³/mol. The summed E-state index contributed by atoms with van der Waals surface area (Å²) >= 11 is 6.03. The van der Waals surface area contributed by atoms with Gasteiger partial charge in [-0.15, -0.1) is 11.4 Å². The smallest absolute Gasteiger partial charge is 0.0566 e. The van der Waals surface area contributed by atoms with Crippen LogP contribution in [0.2, 0.25) is 0 Å². The van der Waals surface area contributed by atoms with Crippen molar-refractivity contribution in [2.24, 2.45) is 0 Å². The molecule has 0 fully saturated rings. The number of hydrogen-bond donors (Lipinski definition) is 0. The van der Waals surface area contributed by atoms with Crippen LogP contribution in [0, 0.1) is 0 Å². The van der Waals surface area contributed by atoms with Crippen molar-refractivity contribution in [3.63, 3.8) is 0 Å². The van der Waals surface area contributed by atoms with Crippen LogP contribution in [0.15, 0.2) is 0 Å². The maximum atomic E-state index is 11.4. The SMILES string of the molecule is CC(C)OP([O-])(=S)SC(C)C.[Zn]. The predicted octanol–water partition coefficient (Wildman–Crippen LogP) is 2.14. The van der Waals surface area contributed by atoms with E-state index in [1.807, 2.05) is 27.7 Å². The second-order valence-corrected chi connectivity index (χ2v) is 9.22. The standard InChI is InChI=1S/C6H15O2PS2.Zn/c1-5(2)8-9(7,10)11-6(3)4;/h5-6H,1-4H3,(H,7,10);/p-1. The Morgan fingerprint density at radius 3 is 2.00 bits per heavy atom. The first-order valence-electron chi connectivity index (χ1n) is 3.51. The third kappa shape index (κ3) is 9.63. The molecule has 0 saturated heterocycles. The first-order valence-corrected chi connectivity index (χ1v) is 7.63. The van der Waals surface area contributed by atoms with Crippen molar-refractivity contribution in [2.75, 3.05) is 0 Å². The van der Waals surface area contributed by atoms with E-state index in [0.29, 0.717) is 0 Å². The van der Waals surface area contributed by atoms with Crippen molar-refractivity contribution in [2.45, 2.75) is 39.0 Å². The summed E-state index contributed by atoms with van der Waals surface area (Å²) < 4.78 is 5.08. The minimum Gasteiger partial charge on any atom is -0.793 e. The van der Waals surface area contributed by atoms with Crippen LogP contribution >= 0.6 is 17.1 Å². The Morgan fingerprint density at radius 2 is 1.75 bits per heavy atom. The fourth-order valence-electron chi connectivity index (χ4n) is 0.541. The zero-order valence-corrected chi connectivity index (χ0v) is 13.4. The van der Waals surface area contributed by atoms with Crippen LogP contribution in [0.5, 0.6) is 0 Å². The molecular weight excluding hydrogens is 265 g/mol. The summed E-state index contributed by atoms with van der Waals surface area (Å²) in [4.78, 5) is 11.4. The normalized spacial score (nSPS) is 15.9. The fourth-order valence-corrected chi connectivity index (χ4v) is 5.90. The van der Waals surface area contributed by atoms with Gasteiger partial charge in [-0.05, 0) is 13.8 Å². The van der Waals surface area contributed by atoms with Crippen LogP contribution in [0.4, 0.5) is 0 Å². The molecule has 0 rings (SSSR count). The molecular formula is C6H14O2PS2Zn-. The molecule has 0 aromatic heterocycles. The minimum atomic E-state index is -2.80. The van der Waals surface area contributed by atoms with E-state index in [1.165, 1.54) is 11.4 Å². The molecule has 0 aromatic carbocycles. The van der Waals surface area contributed by atoms with E-state index in [0.717, 1.165) is 0 Å². The Hall–Kier alpha value is 1.54. The van der Waals surface area contributed by atoms with Crippen molar-refractivity contribution in [3.05, 3.63) is 0 Å². The summed E-state index contributed by atoms with van der Waals surface area (Å²) in [6.45, 7) is 7.57. The molecule has 70 valence electrons. The Kier molecular flexibility index (Phi) is 9.22. The summed E-state index contributed by atoms with van der Waals surface area (Å²) in [7, 11) is 0. The number of rotatable bonds is 4. The van der Waals surface area contributed by atoms with Gasteiger partial charge in [-0.25, -0.2) is 0 Å². The molecule has 0 saturated carbocycles. The van der Waals surface area contributed by atoms with E-state index in [2.05, 4.69) is 0 Å². The van der Waals surface area contributed by atoms with E-state index in [1.54, 1.807) is 0 Å². The van der Waals surface area contributed by atoms with Gasteiger partial charge < -0.3 is 9.42 Å². The molecule has 0 N–H and O–H groups in total. The molecule has 0 bridgehead atoms. The van der Waals surface area contributed by atoms with E-state index >= 15 is 0 Å². The van der Waals surface area contributed by atoms with Gasteiger partial charge in [0.15, 0.2) is 0 Å². The average Bonchev–Trinajstić information content (AvgIpc) is 1.53. The largest absolute Gasteiger partial charge is 0.793 e. The van der Waals surface area contributed by atoms with Crippen molar-refractivity contribution in [1.82, 2.24) is 0 Å². The van der Waals surface area contributed by atoms with Crippen molar-refractivity contribution in [1.29, 1.82) is 0 Å². The van der Waals surface area contributed by atoms with Crippen LogP contribution in [0.1, 0.15) is 27.7 Å². The van der Waals surface area contributed by atoms with Crippen LogP contribution in [-0.4, -0.2) is 11.4 Å². The maximum Gasteiger partial charge on any atom is 0.0566 e. The Morgan fingerprint density at radius 1 is 1.33 bits per heavy atom. The Labute approximate surface area is 96.5 Å². The van der Waals surface area contributed by atoms with Gasteiger partial charge in [0.25, 0.3) is 0 Å². The van der Waals surface area contributed by atoms with Gasteiger partial charge in [0.2, 0.25) is 0 Å². The van der Waals surface area contributed by atoms with Gasteiger partial charge in [0.05, 0.1) is 6.10 Å². The quantitative estimate of drug-likeness (QED) is 0.583. The fraction of sp³-hybridized carbons (Fsp3) is 1.00. The van der Waals surface area contributed by atoms with Crippen molar-refractivity contribution >= 4 is 28.9 Å². The molecule has 0 amide bonds. The van der Waals surface area contributed by atoms with E-state index in [4.69, 9.17) is 16.3 Å². The topological polar surface area (TPSA) is 32.3 Å². The van der Waals surface area contributed by atoms with Crippen molar-refractivity contribution < 1.29 is 28.9 Å². The maximum absolute atomic E-state index is 11.4. The zero-order valence-electron chi connectivity index (χ0n) is 7.94. The van der Waals surface area contributed by atoms with Crippen molar-refractivity contribution in [3.8, 4) is 0 Å². The van der Waals surface area contributed by atoms with Gasteiger partial charge >= 0.3 is 0 Å². The Balaban J connectivity index is 0. The van der Waals surface area contributed by atoms with E-state index in [-0.39, 0.29) is 30.8 Å². The third-order valence-corrected chi connectivity index (χ3v) is 5.37. The van der Waals surface area contributed by atoms with Gasteiger partial charge in [-0.2, -0.15) is 0 Å². The molecule has 0 radical (unpaired) electrons. The molecule has 6 heteroatoms. The summed E-state index contributed by atoms with van der Waals surface area (Å²) in [5.74, 6) is 0. The first kappa shape index (κ1) is 16.0. The summed E-state index contributed by atoms with van der Waals surface area (Å²) in [5.41, 5.74) is -2.80. The van der Waals surface area contributed by atoms with E-state index in [9.17, 15) is 4.89 Å². The van der Waals surface area contributed by atoms with Gasteiger partial charge in [0.1, 0.15) is 0 Å². The molecule has 0 spiro atoms. The van der Waals surface area contributed by atoms with Gasteiger partial charge in [-0.1, -0.05) is 25.7 Å².